The largest absolute Gasteiger partial charge is 0.378 e. The van der Waals surface area contributed by atoms with E-state index < -0.39 is 0 Å². The van der Waals surface area contributed by atoms with Crippen LogP contribution in [0.3, 0.4) is 0 Å². The minimum absolute atomic E-state index is 0.0974. The third-order valence-electron chi connectivity index (χ3n) is 3.88. The normalized spacial score (nSPS) is 19.4. The van der Waals surface area contributed by atoms with E-state index in [1.165, 1.54) is 12.1 Å². The zero-order valence-corrected chi connectivity index (χ0v) is 13.5. The molecule has 1 aliphatic heterocycles. The minimum atomic E-state index is -0.223. The third-order valence-corrected chi connectivity index (χ3v) is 3.88. The summed E-state index contributed by atoms with van der Waals surface area (Å²) < 4.78 is 18.7. The molecular formula is C16H22FN5O. The van der Waals surface area contributed by atoms with E-state index in [1.807, 2.05) is 31.1 Å². The van der Waals surface area contributed by atoms with Gasteiger partial charge in [-0.05, 0) is 31.8 Å². The number of morpholine rings is 1. The monoisotopic (exact) mass is 319 g/mol. The molecule has 1 N–H and O–H groups in total. The summed E-state index contributed by atoms with van der Waals surface area (Å²) in [6, 6.07) is 6.71. The Hall–Kier alpha value is -1.83. The Morgan fingerprint density at radius 2 is 2.13 bits per heavy atom. The topological polar surface area (TPSA) is 57.3 Å². The van der Waals surface area contributed by atoms with Crippen LogP contribution in [0, 0.1) is 5.82 Å². The van der Waals surface area contributed by atoms with E-state index in [9.17, 15) is 4.39 Å². The molecule has 1 aromatic heterocycles. The van der Waals surface area contributed by atoms with Gasteiger partial charge in [-0.2, -0.15) is 5.10 Å². The molecule has 3 rings (SSSR count). The van der Waals surface area contributed by atoms with Crippen LogP contribution in [0.1, 0.15) is 23.3 Å². The first-order valence-electron chi connectivity index (χ1n) is 7.74. The van der Waals surface area contributed by atoms with E-state index in [2.05, 4.69) is 20.1 Å². The van der Waals surface area contributed by atoms with Crippen molar-refractivity contribution < 1.29 is 9.13 Å². The van der Waals surface area contributed by atoms with Crippen molar-refractivity contribution >= 4 is 0 Å². The van der Waals surface area contributed by atoms with Crippen LogP contribution in [-0.4, -0.2) is 58.8 Å². The molecule has 0 spiro atoms. The van der Waals surface area contributed by atoms with Gasteiger partial charge in [-0.1, -0.05) is 12.1 Å². The number of aromatic nitrogens is 3. The highest BCUT2D eigenvalue weighted by molar-refractivity contribution is 5.20. The summed E-state index contributed by atoms with van der Waals surface area (Å²) in [6.07, 6.45) is 0. The minimum Gasteiger partial charge on any atom is -0.378 e. The molecule has 0 saturated carbocycles. The third kappa shape index (κ3) is 4.13. The molecule has 124 valence electrons. The maximum Gasteiger partial charge on any atom is 0.164 e. The highest BCUT2D eigenvalue weighted by atomic mass is 19.1. The van der Waals surface area contributed by atoms with Crippen LogP contribution in [0.5, 0.6) is 0 Å². The van der Waals surface area contributed by atoms with Gasteiger partial charge >= 0.3 is 0 Å². The van der Waals surface area contributed by atoms with E-state index in [-0.39, 0.29) is 11.9 Å². The van der Waals surface area contributed by atoms with E-state index in [1.54, 1.807) is 0 Å². The van der Waals surface area contributed by atoms with Gasteiger partial charge in [-0.25, -0.2) is 9.37 Å². The van der Waals surface area contributed by atoms with Gasteiger partial charge in [0.1, 0.15) is 11.6 Å². The number of hydrogen-bond acceptors (Lipinski definition) is 5. The summed E-state index contributed by atoms with van der Waals surface area (Å²) in [5.41, 5.74) is 1.05. The smallest absolute Gasteiger partial charge is 0.164 e. The maximum atomic E-state index is 13.1. The van der Waals surface area contributed by atoms with Crippen LogP contribution in [0.15, 0.2) is 24.3 Å². The number of rotatable bonds is 5. The summed E-state index contributed by atoms with van der Waals surface area (Å²) >= 11 is 0. The fraction of sp³-hybridized carbons (Fsp3) is 0.500. The van der Waals surface area contributed by atoms with Crippen LogP contribution in [-0.2, 0) is 17.8 Å². The van der Waals surface area contributed by atoms with E-state index >= 15 is 0 Å². The molecule has 0 radical (unpaired) electrons. The molecule has 1 aliphatic rings. The van der Waals surface area contributed by atoms with Gasteiger partial charge < -0.3 is 9.64 Å². The van der Waals surface area contributed by atoms with Gasteiger partial charge in [-0.15, -0.1) is 0 Å². The Bertz CT molecular complexity index is 628. The van der Waals surface area contributed by atoms with Crippen LogP contribution in [0.4, 0.5) is 4.39 Å². The molecule has 2 heterocycles. The lowest BCUT2D eigenvalue weighted by molar-refractivity contribution is -0.0138. The first kappa shape index (κ1) is 16.0. The summed E-state index contributed by atoms with van der Waals surface area (Å²) in [6.45, 7) is 3.47. The Morgan fingerprint density at radius 1 is 1.35 bits per heavy atom. The highest BCUT2D eigenvalue weighted by Gasteiger charge is 2.25. The molecule has 6 nitrogen and oxygen atoms in total. The van der Waals surface area contributed by atoms with Gasteiger partial charge in [0.05, 0.1) is 32.3 Å². The fourth-order valence-corrected chi connectivity index (χ4v) is 2.78. The molecular weight excluding hydrogens is 297 g/mol. The van der Waals surface area contributed by atoms with Gasteiger partial charge in [0.15, 0.2) is 5.82 Å². The van der Waals surface area contributed by atoms with Crippen molar-refractivity contribution in [1.29, 1.82) is 0 Å². The second-order valence-electron chi connectivity index (χ2n) is 6.05. The Morgan fingerprint density at radius 3 is 2.87 bits per heavy atom. The van der Waals surface area contributed by atoms with Crippen LogP contribution < -0.4 is 0 Å². The van der Waals surface area contributed by atoms with Crippen molar-refractivity contribution in [1.82, 2.24) is 25.0 Å². The number of hydrogen-bond donors (Lipinski definition) is 1. The summed E-state index contributed by atoms with van der Waals surface area (Å²) in [5, 5.41) is 7.28. The number of H-pyrrole nitrogens is 1. The number of nitrogens with one attached hydrogen (secondary N) is 1. The van der Waals surface area contributed by atoms with Crippen LogP contribution >= 0.6 is 0 Å². The SMILES string of the molecule is CN(C)Cc1nc(CN2CCOC[C@@H]2c2ccc(F)cc2)n[nH]1. The lowest BCUT2D eigenvalue weighted by atomic mass is 10.0. The molecule has 1 atom stereocenters. The fourth-order valence-electron chi connectivity index (χ4n) is 2.78. The van der Waals surface area contributed by atoms with Crippen molar-refractivity contribution in [3.63, 3.8) is 0 Å². The number of ether oxygens (including phenoxy) is 1. The predicted octanol–water partition coefficient (Wildman–Crippen LogP) is 1.58. The number of nitrogens with zero attached hydrogens (tertiary/aromatic N) is 4. The van der Waals surface area contributed by atoms with Gasteiger partial charge in [0.25, 0.3) is 0 Å². The van der Waals surface area contributed by atoms with Crippen molar-refractivity contribution in [2.75, 3.05) is 33.9 Å². The van der Waals surface area contributed by atoms with Crippen molar-refractivity contribution in [2.24, 2.45) is 0 Å². The average Bonchev–Trinajstić information content (AvgIpc) is 2.95. The molecule has 1 saturated heterocycles. The summed E-state index contributed by atoms with van der Waals surface area (Å²) in [7, 11) is 3.99. The maximum absolute atomic E-state index is 13.1. The molecule has 0 unspecified atom stereocenters. The number of benzene rings is 1. The van der Waals surface area contributed by atoms with E-state index in [0.29, 0.717) is 19.8 Å². The highest BCUT2D eigenvalue weighted by Crippen LogP contribution is 2.25. The van der Waals surface area contributed by atoms with Crippen molar-refractivity contribution in [3.8, 4) is 0 Å². The van der Waals surface area contributed by atoms with Crippen molar-refractivity contribution in [2.45, 2.75) is 19.1 Å². The summed E-state index contributed by atoms with van der Waals surface area (Å²) in [5.74, 6) is 1.41. The standard InChI is InChI=1S/C16H22FN5O/c1-21(2)9-15-18-16(20-19-15)10-22-7-8-23-11-14(22)12-3-5-13(17)6-4-12/h3-6,14H,7-11H2,1-2H3,(H,18,19,20)/t14-/m1/s1. The molecule has 1 aromatic carbocycles. The second kappa shape index (κ2) is 7.16. The first-order chi connectivity index (χ1) is 11.1. The van der Waals surface area contributed by atoms with Gasteiger partial charge in [-0.3, -0.25) is 10.00 Å². The van der Waals surface area contributed by atoms with Crippen LogP contribution in [0.25, 0.3) is 0 Å². The molecule has 0 amide bonds. The summed E-state index contributed by atoms with van der Waals surface area (Å²) in [4.78, 5) is 8.86. The molecule has 0 bridgehead atoms. The number of aromatic amines is 1. The first-order valence-corrected chi connectivity index (χ1v) is 7.74. The zero-order valence-electron chi connectivity index (χ0n) is 13.5. The molecule has 23 heavy (non-hydrogen) atoms. The zero-order chi connectivity index (χ0) is 16.2. The average molecular weight is 319 g/mol. The van der Waals surface area contributed by atoms with Gasteiger partial charge in [0.2, 0.25) is 0 Å². The second-order valence-corrected chi connectivity index (χ2v) is 6.05. The predicted molar refractivity (Wildman–Crippen MR) is 84.1 cm³/mol. The Balaban J connectivity index is 1.71. The van der Waals surface area contributed by atoms with Gasteiger partial charge in [0, 0.05) is 6.54 Å². The quantitative estimate of drug-likeness (QED) is 0.907. The molecule has 7 heteroatoms. The Kier molecular flexibility index (Phi) is 5.00. The van der Waals surface area contributed by atoms with Crippen molar-refractivity contribution in [3.05, 3.63) is 47.3 Å². The molecule has 1 fully saturated rings. The molecule has 0 aliphatic carbocycles. The lowest BCUT2D eigenvalue weighted by Gasteiger charge is -2.35. The Labute approximate surface area is 135 Å². The molecule has 2 aromatic rings. The van der Waals surface area contributed by atoms with E-state index in [0.717, 1.165) is 30.3 Å². The lowest BCUT2D eigenvalue weighted by Crippen LogP contribution is -2.39. The van der Waals surface area contributed by atoms with E-state index in [4.69, 9.17) is 4.74 Å². The number of halogens is 1. The van der Waals surface area contributed by atoms with Crippen LogP contribution in [0.2, 0.25) is 0 Å².